The molecule has 0 spiro atoms. The fourth-order valence-corrected chi connectivity index (χ4v) is 3.97. The van der Waals surface area contributed by atoms with Gasteiger partial charge in [0.1, 0.15) is 5.75 Å². The van der Waals surface area contributed by atoms with Crippen molar-refractivity contribution in [3.05, 3.63) is 52.8 Å². The number of aromatic nitrogens is 3. The molecule has 3 aromatic rings. The van der Waals surface area contributed by atoms with Crippen LogP contribution < -0.4 is 15.8 Å². The van der Waals surface area contributed by atoms with Crippen LogP contribution in [0.25, 0.3) is 11.4 Å². The molecule has 4 rings (SSSR count). The second-order valence-corrected chi connectivity index (χ2v) is 7.03. The Bertz CT molecular complexity index is 937. The number of amides is 1. The van der Waals surface area contributed by atoms with Gasteiger partial charge in [-0.2, -0.15) is 0 Å². The highest BCUT2D eigenvalue weighted by Gasteiger charge is 2.28. The number of anilines is 1. The Morgan fingerprint density at radius 2 is 1.96 bits per heavy atom. The first-order valence-corrected chi connectivity index (χ1v) is 8.94. The van der Waals surface area contributed by atoms with Crippen molar-refractivity contribution in [1.82, 2.24) is 20.3 Å². The number of nitrogens with one attached hydrogen (secondary N) is 1. The molecule has 1 aliphatic heterocycles. The van der Waals surface area contributed by atoms with E-state index in [-0.39, 0.29) is 11.8 Å². The molecule has 2 aromatic heterocycles. The summed E-state index contributed by atoms with van der Waals surface area (Å²) in [4.78, 5) is 26.4. The summed E-state index contributed by atoms with van der Waals surface area (Å²) >= 11 is 1.42. The van der Waals surface area contributed by atoms with Crippen LogP contribution in [0.1, 0.15) is 28.5 Å². The van der Waals surface area contributed by atoms with E-state index in [0.717, 1.165) is 27.4 Å². The van der Waals surface area contributed by atoms with Gasteiger partial charge in [0, 0.05) is 35.2 Å². The van der Waals surface area contributed by atoms with Crippen molar-refractivity contribution >= 4 is 22.4 Å². The van der Waals surface area contributed by atoms with Crippen molar-refractivity contribution in [3.8, 4) is 17.1 Å². The van der Waals surface area contributed by atoms with Crippen LogP contribution >= 0.6 is 11.3 Å². The van der Waals surface area contributed by atoms with Crippen molar-refractivity contribution in [2.24, 2.45) is 0 Å². The summed E-state index contributed by atoms with van der Waals surface area (Å²) in [5, 5.41) is 3.37. The lowest BCUT2D eigenvalue weighted by Gasteiger charge is -2.13. The van der Waals surface area contributed by atoms with Gasteiger partial charge in [-0.3, -0.25) is 4.79 Å². The van der Waals surface area contributed by atoms with E-state index >= 15 is 0 Å². The lowest BCUT2D eigenvalue weighted by atomic mass is 9.96. The molecule has 26 heavy (non-hydrogen) atoms. The fraction of sp³-hybridized carbons (Fsp3) is 0.222. The molecule has 0 radical (unpaired) electrons. The molecular weight excluding hydrogens is 350 g/mol. The highest BCUT2D eigenvalue weighted by Crippen LogP contribution is 2.37. The largest absolute Gasteiger partial charge is 0.497 e. The molecular formula is C18H17N5O2S. The van der Waals surface area contributed by atoms with Crippen molar-refractivity contribution < 1.29 is 9.53 Å². The van der Waals surface area contributed by atoms with E-state index in [0.29, 0.717) is 23.9 Å². The molecule has 0 bridgehead atoms. The molecule has 8 heteroatoms. The topological polar surface area (TPSA) is 103 Å². The normalized spacial score (nSPS) is 16.5. The summed E-state index contributed by atoms with van der Waals surface area (Å²) in [5.74, 6) is 1.26. The molecule has 1 aliphatic rings. The van der Waals surface area contributed by atoms with Crippen molar-refractivity contribution in [1.29, 1.82) is 0 Å². The third-order valence-corrected chi connectivity index (χ3v) is 5.37. The zero-order valence-electron chi connectivity index (χ0n) is 14.1. The molecule has 0 fully saturated rings. The maximum atomic E-state index is 12.0. The van der Waals surface area contributed by atoms with Crippen molar-refractivity contribution in [3.63, 3.8) is 0 Å². The number of rotatable bonds is 3. The number of benzene rings is 1. The van der Waals surface area contributed by atoms with E-state index in [9.17, 15) is 4.79 Å². The summed E-state index contributed by atoms with van der Waals surface area (Å²) in [6.07, 6.45) is 3.88. The number of hydrogen-bond acceptors (Lipinski definition) is 7. The molecule has 3 N–H and O–H groups in total. The number of ether oxygens (including phenoxy) is 1. The molecule has 132 valence electrons. The average Bonchev–Trinajstić information content (AvgIpc) is 2.98. The van der Waals surface area contributed by atoms with Crippen LogP contribution in [0.3, 0.4) is 0 Å². The number of carbonyl (C=O) groups excluding carboxylic acids is 1. The van der Waals surface area contributed by atoms with E-state index < -0.39 is 0 Å². The van der Waals surface area contributed by atoms with Crippen LogP contribution in [0.15, 0.2) is 36.7 Å². The Kier molecular flexibility index (Phi) is 4.26. The highest BCUT2D eigenvalue weighted by molar-refractivity contribution is 7.15. The van der Waals surface area contributed by atoms with Gasteiger partial charge in [-0.05, 0) is 29.8 Å². The van der Waals surface area contributed by atoms with Crippen molar-refractivity contribution in [2.45, 2.75) is 18.9 Å². The third kappa shape index (κ3) is 3.11. The van der Waals surface area contributed by atoms with Crippen molar-refractivity contribution in [2.75, 3.05) is 12.8 Å². The molecule has 3 heterocycles. The number of thiazole rings is 1. The predicted molar refractivity (Wildman–Crippen MR) is 98.9 cm³/mol. The summed E-state index contributed by atoms with van der Waals surface area (Å²) < 4.78 is 5.17. The van der Waals surface area contributed by atoms with E-state index in [4.69, 9.17) is 10.5 Å². The molecule has 7 nitrogen and oxygen atoms in total. The SMILES string of the molecule is COc1ccc(-c2ncc(C3CC(=O)NCc4nc(N)sc43)cn2)cc1. The lowest BCUT2D eigenvalue weighted by molar-refractivity contribution is -0.121. The monoisotopic (exact) mass is 367 g/mol. The van der Waals surface area contributed by atoms with E-state index in [2.05, 4.69) is 20.3 Å². The zero-order chi connectivity index (χ0) is 18.1. The van der Waals surface area contributed by atoms with Gasteiger partial charge in [0.05, 0.1) is 19.3 Å². The van der Waals surface area contributed by atoms with Gasteiger partial charge in [-0.1, -0.05) is 0 Å². The van der Waals surface area contributed by atoms with Gasteiger partial charge in [-0.25, -0.2) is 15.0 Å². The number of nitrogens with two attached hydrogens (primary N) is 1. The number of hydrogen-bond donors (Lipinski definition) is 2. The second-order valence-electron chi connectivity index (χ2n) is 5.96. The minimum Gasteiger partial charge on any atom is -0.497 e. The number of nitrogens with zero attached hydrogens (tertiary/aromatic N) is 3. The van der Waals surface area contributed by atoms with E-state index in [1.165, 1.54) is 11.3 Å². The summed E-state index contributed by atoms with van der Waals surface area (Å²) in [7, 11) is 1.63. The van der Waals surface area contributed by atoms with Crippen LogP contribution in [0.5, 0.6) is 5.75 Å². The first-order chi connectivity index (χ1) is 12.6. The van der Waals surface area contributed by atoms with Crippen LogP contribution in [0.4, 0.5) is 5.13 Å². The Morgan fingerprint density at radius 1 is 1.23 bits per heavy atom. The Labute approximate surface area is 154 Å². The van der Waals surface area contributed by atoms with Gasteiger partial charge >= 0.3 is 0 Å². The third-order valence-electron chi connectivity index (χ3n) is 4.33. The van der Waals surface area contributed by atoms with Gasteiger partial charge in [0.25, 0.3) is 0 Å². The van der Waals surface area contributed by atoms with Crippen LogP contribution in [-0.2, 0) is 11.3 Å². The first kappa shape index (κ1) is 16.5. The molecule has 0 saturated carbocycles. The average molecular weight is 367 g/mol. The number of carbonyl (C=O) groups is 1. The van der Waals surface area contributed by atoms with Gasteiger partial charge in [0.2, 0.25) is 5.91 Å². The van der Waals surface area contributed by atoms with Crippen LogP contribution in [0.2, 0.25) is 0 Å². The van der Waals surface area contributed by atoms with Gasteiger partial charge in [-0.15, -0.1) is 11.3 Å². The number of methoxy groups -OCH3 is 1. The standard InChI is InChI=1S/C18H17N5O2S/c1-25-12-4-2-10(3-5-12)17-21-7-11(8-22-17)13-6-15(24)20-9-14-16(13)26-18(19)23-14/h2-5,7-8,13H,6,9H2,1H3,(H2,19,23)(H,20,24). The van der Waals surface area contributed by atoms with Gasteiger partial charge < -0.3 is 15.8 Å². The van der Waals surface area contributed by atoms with Gasteiger partial charge in [0.15, 0.2) is 11.0 Å². The Morgan fingerprint density at radius 3 is 2.65 bits per heavy atom. The van der Waals surface area contributed by atoms with E-state index in [1.54, 1.807) is 19.5 Å². The summed E-state index contributed by atoms with van der Waals surface area (Å²) in [5.41, 5.74) is 8.46. The maximum Gasteiger partial charge on any atom is 0.221 e. The molecule has 0 aliphatic carbocycles. The predicted octanol–water partition coefficient (Wildman–Crippen LogP) is 2.34. The molecule has 1 atom stereocenters. The molecule has 1 aromatic carbocycles. The fourth-order valence-electron chi connectivity index (χ4n) is 2.99. The first-order valence-electron chi connectivity index (χ1n) is 8.12. The van der Waals surface area contributed by atoms with E-state index in [1.807, 2.05) is 24.3 Å². The Hall–Kier alpha value is -3.00. The summed E-state index contributed by atoms with van der Waals surface area (Å²) in [6.45, 7) is 0.406. The second kappa shape index (κ2) is 6.72. The molecule has 1 unspecified atom stereocenters. The quantitative estimate of drug-likeness (QED) is 0.736. The maximum absolute atomic E-state index is 12.0. The minimum absolute atomic E-state index is 0.0157. The lowest BCUT2D eigenvalue weighted by Crippen LogP contribution is -2.21. The van der Waals surface area contributed by atoms with Crippen LogP contribution in [-0.4, -0.2) is 28.0 Å². The Balaban J connectivity index is 1.66. The molecule has 0 saturated heterocycles. The highest BCUT2D eigenvalue weighted by atomic mass is 32.1. The minimum atomic E-state index is -0.132. The molecule has 1 amide bonds. The summed E-state index contributed by atoms with van der Waals surface area (Å²) in [6, 6.07) is 7.56. The van der Waals surface area contributed by atoms with Crippen LogP contribution in [0, 0.1) is 0 Å². The smallest absolute Gasteiger partial charge is 0.221 e. The number of nitrogen functional groups attached to an aromatic ring is 1. The number of fused-ring (bicyclic) bond motifs is 1. The zero-order valence-corrected chi connectivity index (χ0v) is 14.9.